The number of nitrogens with zero attached hydrogens (tertiary/aromatic N) is 9. The lowest BCUT2D eigenvalue weighted by molar-refractivity contribution is 0.0797. The van der Waals surface area contributed by atoms with Gasteiger partial charge in [0.05, 0.1) is 23.4 Å². The summed E-state index contributed by atoms with van der Waals surface area (Å²) in [6, 6.07) is 3.41. The first-order valence-electron chi connectivity index (χ1n) is 12.8. The second-order valence-electron chi connectivity index (χ2n) is 10.9. The normalized spacial score (nSPS) is 15.4. The summed E-state index contributed by atoms with van der Waals surface area (Å²) in [5, 5.41) is 13.4. The molecule has 4 aromatic heterocycles. The summed E-state index contributed by atoms with van der Waals surface area (Å²) in [5.74, 6) is 3.32. The van der Waals surface area contributed by atoms with E-state index in [0.717, 1.165) is 58.5 Å². The van der Waals surface area contributed by atoms with Gasteiger partial charge in [-0.2, -0.15) is 5.10 Å². The Bertz CT molecular complexity index is 1390. The van der Waals surface area contributed by atoms with Crippen molar-refractivity contribution in [2.45, 2.75) is 78.6 Å². The number of hydrogen-bond donors (Lipinski definition) is 0. The van der Waals surface area contributed by atoms with E-state index in [2.05, 4.69) is 65.2 Å². The van der Waals surface area contributed by atoms with Crippen molar-refractivity contribution in [3.8, 4) is 27.8 Å². The van der Waals surface area contributed by atoms with Crippen LogP contribution in [0.5, 0.6) is 0 Å². The molecule has 0 fully saturated rings. The Labute approximate surface area is 222 Å². The van der Waals surface area contributed by atoms with Gasteiger partial charge in [0.25, 0.3) is 0 Å². The molecule has 0 spiro atoms. The lowest BCUT2D eigenvalue weighted by Crippen LogP contribution is -2.40. The third-order valence-corrected chi connectivity index (χ3v) is 9.13. The minimum atomic E-state index is -1.15. The molecule has 0 aromatic carbocycles. The Kier molecular flexibility index (Phi) is 6.99. The largest absolute Gasteiger partial charge is 0.360 e. The van der Waals surface area contributed by atoms with Crippen molar-refractivity contribution in [3.63, 3.8) is 0 Å². The molecule has 37 heavy (non-hydrogen) atoms. The van der Waals surface area contributed by atoms with E-state index in [1.165, 1.54) is 11.3 Å². The summed E-state index contributed by atoms with van der Waals surface area (Å²) in [5.41, 5.74) is 4.46. The fourth-order valence-corrected chi connectivity index (χ4v) is 6.22. The second-order valence-corrected chi connectivity index (χ2v) is 17.3. The third kappa shape index (κ3) is 4.85. The molecule has 1 aliphatic heterocycles. The molecule has 1 atom stereocenters. The number of ether oxygens (including phenoxy) is 1. The van der Waals surface area contributed by atoms with Gasteiger partial charge >= 0.3 is 0 Å². The number of fused-ring (bicyclic) bond motifs is 3. The van der Waals surface area contributed by atoms with Crippen molar-refractivity contribution in [2.75, 3.05) is 11.5 Å². The maximum Gasteiger partial charge on any atom is 0.174 e. The fraction of sp³-hybridized carbons (Fsp3) is 0.520. The van der Waals surface area contributed by atoms with Crippen LogP contribution >= 0.6 is 11.3 Å². The topological polar surface area (TPSA) is 99.7 Å². The van der Waals surface area contributed by atoms with Crippen LogP contribution in [-0.4, -0.2) is 60.2 Å². The molecular weight excluding hydrogens is 502 g/mol. The highest BCUT2D eigenvalue weighted by molar-refractivity contribution is 7.13. The van der Waals surface area contributed by atoms with Crippen molar-refractivity contribution < 1.29 is 4.74 Å². The molecule has 1 aliphatic rings. The molecule has 0 N–H and O–H groups in total. The monoisotopic (exact) mass is 537 g/mol. The van der Waals surface area contributed by atoms with E-state index in [-0.39, 0.29) is 12.1 Å². The Morgan fingerprint density at radius 1 is 1.16 bits per heavy atom. The summed E-state index contributed by atoms with van der Waals surface area (Å²) >= 11 is 1.54. The highest BCUT2D eigenvalue weighted by Crippen LogP contribution is 2.42. The average molecular weight is 538 g/mol. The first-order valence-corrected chi connectivity index (χ1v) is 17.4. The van der Waals surface area contributed by atoms with Crippen LogP contribution in [0.15, 0.2) is 24.0 Å². The maximum absolute atomic E-state index is 5.97. The molecule has 0 radical (unpaired) electrons. The van der Waals surface area contributed by atoms with E-state index >= 15 is 0 Å². The number of aryl methyl sites for hydroxylation is 1. The quantitative estimate of drug-likeness (QED) is 0.208. The smallest absolute Gasteiger partial charge is 0.174 e. The summed E-state index contributed by atoms with van der Waals surface area (Å²) in [4.78, 5) is 17.9. The SMILES string of the molecule is CC[C@@H]1c2nnc(C)n2-c2cnc(-c3scnc3-c3ccnn3COCC[Si](C)(C)C)nc2N1C(C)C. The van der Waals surface area contributed by atoms with Crippen LogP contribution in [0, 0.1) is 6.92 Å². The van der Waals surface area contributed by atoms with E-state index in [1.807, 2.05) is 29.4 Å². The van der Waals surface area contributed by atoms with Crippen LogP contribution in [0.25, 0.3) is 27.8 Å². The molecule has 5 rings (SSSR count). The highest BCUT2D eigenvalue weighted by atomic mass is 32.1. The third-order valence-electron chi connectivity index (χ3n) is 6.60. The molecule has 12 heteroatoms. The van der Waals surface area contributed by atoms with Crippen molar-refractivity contribution >= 4 is 25.2 Å². The number of aromatic nitrogens is 8. The molecule has 10 nitrogen and oxygen atoms in total. The molecule has 0 saturated carbocycles. The first-order chi connectivity index (χ1) is 17.7. The van der Waals surface area contributed by atoms with Gasteiger partial charge in [0.15, 0.2) is 17.5 Å². The minimum absolute atomic E-state index is 0.0899. The van der Waals surface area contributed by atoms with Crippen molar-refractivity contribution in [1.29, 1.82) is 0 Å². The number of rotatable bonds is 9. The number of hydrogen-bond acceptors (Lipinski definition) is 9. The van der Waals surface area contributed by atoms with Gasteiger partial charge in [-0.1, -0.05) is 26.6 Å². The van der Waals surface area contributed by atoms with Crippen LogP contribution in [0.4, 0.5) is 5.82 Å². The predicted molar refractivity (Wildman–Crippen MR) is 149 cm³/mol. The molecule has 4 aromatic rings. The number of thiazole rings is 1. The van der Waals surface area contributed by atoms with Crippen molar-refractivity contribution in [2.24, 2.45) is 0 Å². The zero-order valence-electron chi connectivity index (χ0n) is 22.6. The molecule has 196 valence electrons. The Balaban J connectivity index is 1.51. The van der Waals surface area contributed by atoms with Crippen LogP contribution < -0.4 is 4.90 Å². The molecular formula is C25H35N9OSSi. The highest BCUT2D eigenvalue weighted by Gasteiger charge is 2.36. The lowest BCUT2D eigenvalue weighted by atomic mass is 10.1. The molecule has 5 heterocycles. The van der Waals surface area contributed by atoms with Crippen LogP contribution in [0.3, 0.4) is 0 Å². The van der Waals surface area contributed by atoms with E-state index in [4.69, 9.17) is 19.7 Å². The number of anilines is 1. The van der Waals surface area contributed by atoms with E-state index in [0.29, 0.717) is 12.6 Å². The summed E-state index contributed by atoms with van der Waals surface area (Å²) < 4.78 is 9.92. The summed E-state index contributed by atoms with van der Waals surface area (Å²) in [7, 11) is -1.15. The second kappa shape index (κ2) is 10.1. The lowest BCUT2D eigenvalue weighted by Gasteiger charge is -2.39. The zero-order chi connectivity index (χ0) is 26.3. The van der Waals surface area contributed by atoms with E-state index in [1.54, 1.807) is 6.20 Å². The van der Waals surface area contributed by atoms with Gasteiger partial charge < -0.3 is 9.64 Å². The molecule has 0 unspecified atom stereocenters. The van der Waals surface area contributed by atoms with Crippen molar-refractivity contribution in [1.82, 2.24) is 39.5 Å². The summed E-state index contributed by atoms with van der Waals surface area (Å²) in [6.07, 6.45) is 4.58. The maximum atomic E-state index is 5.97. The van der Waals surface area contributed by atoms with E-state index < -0.39 is 8.07 Å². The van der Waals surface area contributed by atoms with Crippen LogP contribution in [0.2, 0.25) is 25.7 Å². The molecule has 0 amide bonds. The van der Waals surface area contributed by atoms with Gasteiger partial charge in [-0.15, -0.1) is 21.5 Å². The molecule has 0 bridgehead atoms. The van der Waals surface area contributed by atoms with Crippen LogP contribution in [0.1, 0.15) is 44.9 Å². The Morgan fingerprint density at radius 2 is 1.97 bits per heavy atom. The van der Waals surface area contributed by atoms with Gasteiger partial charge in [-0.25, -0.2) is 19.6 Å². The molecule has 0 aliphatic carbocycles. The van der Waals surface area contributed by atoms with Gasteiger partial charge in [0.2, 0.25) is 0 Å². The Morgan fingerprint density at radius 3 is 2.70 bits per heavy atom. The average Bonchev–Trinajstić information content (AvgIpc) is 3.59. The van der Waals surface area contributed by atoms with Gasteiger partial charge in [-0.3, -0.25) is 4.57 Å². The Hall–Kier alpha value is -2.96. The predicted octanol–water partition coefficient (Wildman–Crippen LogP) is 5.34. The fourth-order valence-electron chi connectivity index (χ4n) is 4.72. The molecule has 0 saturated heterocycles. The minimum Gasteiger partial charge on any atom is -0.360 e. The van der Waals surface area contributed by atoms with Gasteiger partial charge in [-0.05, 0) is 39.3 Å². The van der Waals surface area contributed by atoms with Gasteiger partial charge in [0.1, 0.15) is 28.8 Å². The van der Waals surface area contributed by atoms with Gasteiger partial charge in [0, 0.05) is 26.9 Å². The van der Waals surface area contributed by atoms with E-state index in [9.17, 15) is 0 Å². The standard InChI is InChI=1S/C25H35N9OSSi/c1-8-18-25-31-30-17(4)34(25)20-13-26-23(29-24(20)33(18)16(2)3)22-21(27-14-36-22)19-9-10-28-32(19)15-35-11-12-37(5,6)7/h9-10,13-14,16,18H,8,11-12,15H2,1-7H3/t18-/m1/s1. The zero-order valence-corrected chi connectivity index (χ0v) is 24.5. The summed E-state index contributed by atoms with van der Waals surface area (Å²) in [6.45, 7) is 16.7. The first kappa shape index (κ1) is 25.7. The van der Waals surface area contributed by atoms with Crippen molar-refractivity contribution in [3.05, 3.63) is 35.6 Å². The van der Waals surface area contributed by atoms with Crippen LogP contribution in [-0.2, 0) is 11.5 Å².